The van der Waals surface area contributed by atoms with Crippen molar-refractivity contribution in [1.29, 1.82) is 0 Å². The first-order valence-electron chi connectivity index (χ1n) is 6.77. The Morgan fingerprint density at radius 1 is 1.20 bits per heavy atom. The molecule has 1 aliphatic heterocycles. The molecule has 1 heterocycles. The zero-order valence-electron chi connectivity index (χ0n) is 11.5. The predicted molar refractivity (Wildman–Crippen MR) is 68.2 cm³/mol. The molecule has 0 unspecified atom stereocenters. The van der Waals surface area contributed by atoms with Crippen LogP contribution in [0.1, 0.15) is 12.8 Å². The Kier molecular flexibility index (Phi) is 7.25. The van der Waals surface area contributed by atoms with Crippen LogP contribution in [0.5, 0.6) is 0 Å². The van der Waals surface area contributed by atoms with Crippen LogP contribution in [0.3, 0.4) is 0 Å². The van der Waals surface area contributed by atoms with E-state index in [1.165, 1.54) is 0 Å². The van der Waals surface area contributed by atoms with E-state index in [-0.39, 0.29) is 18.9 Å². The second-order valence-corrected chi connectivity index (χ2v) is 4.78. The zero-order chi connectivity index (χ0) is 15.0. The third-order valence-corrected chi connectivity index (χ3v) is 3.11. The molecule has 0 aliphatic carbocycles. The number of carbonyl (C=O) groups is 1. The molecule has 1 saturated heterocycles. The first-order chi connectivity index (χ1) is 9.42. The molecule has 2 N–H and O–H groups in total. The third-order valence-electron chi connectivity index (χ3n) is 3.11. The van der Waals surface area contributed by atoms with Crippen LogP contribution in [0.4, 0.5) is 13.2 Å². The highest BCUT2D eigenvalue weighted by molar-refractivity contribution is 5.76. The first-order valence-corrected chi connectivity index (χ1v) is 6.77. The molecule has 0 spiro atoms. The fourth-order valence-electron chi connectivity index (χ4n) is 2.13. The van der Waals surface area contributed by atoms with Gasteiger partial charge in [0.1, 0.15) is 6.61 Å². The molecule has 1 fully saturated rings. The fourth-order valence-corrected chi connectivity index (χ4v) is 2.13. The van der Waals surface area contributed by atoms with Crippen molar-refractivity contribution in [2.75, 3.05) is 52.5 Å². The van der Waals surface area contributed by atoms with Crippen LogP contribution in [0.2, 0.25) is 0 Å². The molecule has 0 atom stereocenters. The van der Waals surface area contributed by atoms with Gasteiger partial charge in [-0.25, -0.2) is 0 Å². The van der Waals surface area contributed by atoms with Gasteiger partial charge in [0, 0.05) is 32.7 Å². The minimum atomic E-state index is -4.34. The summed E-state index contributed by atoms with van der Waals surface area (Å²) in [7, 11) is 0. The van der Waals surface area contributed by atoms with E-state index in [1.807, 2.05) is 0 Å². The van der Waals surface area contributed by atoms with E-state index in [0.29, 0.717) is 19.6 Å². The Balaban J connectivity index is 2.22. The molecule has 0 radical (unpaired) electrons. The van der Waals surface area contributed by atoms with Gasteiger partial charge in [0.05, 0.1) is 13.0 Å². The number of nitrogens with zero attached hydrogens (tertiary/aromatic N) is 2. The summed E-state index contributed by atoms with van der Waals surface area (Å²) in [5, 5.41) is 0. The van der Waals surface area contributed by atoms with Crippen LogP contribution in [0, 0.1) is 0 Å². The third kappa shape index (κ3) is 7.06. The van der Waals surface area contributed by atoms with Crippen molar-refractivity contribution in [2.24, 2.45) is 5.73 Å². The second kappa shape index (κ2) is 8.43. The average Bonchev–Trinajstić information content (AvgIpc) is 2.59. The summed E-state index contributed by atoms with van der Waals surface area (Å²) in [6.45, 7) is 2.77. The molecular formula is C12H22F3N3O2. The Morgan fingerprint density at radius 2 is 1.95 bits per heavy atom. The van der Waals surface area contributed by atoms with Crippen LogP contribution in [0.15, 0.2) is 0 Å². The molecule has 1 aliphatic rings. The van der Waals surface area contributed by atoms with Gasteiger partial charge in [0.25, 0.3) is 0 Å². The lowest BCUT2D eigenvalue weighted by atomic mass is 10.3. The normalized spacial score (nSPS) is 18.1. The molecular weight excluding hydrogens is 275 g/mol. The predicted octanol–water partition coefficient (Wildman–Crippen LogP) is 0.448. The van der Waals surface area contributed by atoms with E-state index in [1.54, 1.807) is 4.90 Å². The molecule has 118 valence electrons. The average molecular weight is 297 g/mol. The van der Waals surface area contributed by atoms with Crippen molar-refractivity contribution in [2.45, 2.75) is 19.0 Å². The summed E-state index contributed by atoms with van der Waals surface area (Å²) >= 11 is 0. The summed E-state index contributed by atoms with van der Waals surface area (Å²) < 4.78 is 40.1. The van der Waals surface area contributed by atoms with Crippen molar-refractivity contribution in [3.8, 4) is 0 Å². The molecule has 0 aromatic heterocycles. The van der Waals surface area contributed by atoms with Gasteiger partial charge in [-0.15, -0.1) is 0 Å². The van der Waals surface area contributed by atoms with Crippen LogP contribution in [0.25, 0.3) is 0 Å². The Morgan fingerprint density at radius 3 is 2.60 bits per heavy atom. The van der Waals surface area contributed by atoms with Gasteiger partial charge in [0.15, 0.2) is 0 Å². The maximum absolute atomic E-state index is 11.9. The van der Waals surface area contributed by atoms with E-state index < -0.39 is 12.8 Å². The topological polar surface area (TPSA) is 58.8 Å². The molecule has 0 saturated carbocycles. The Hall–Kier alpha value is -0.860. The number of alkyl halides is 3. The van der Waals surface area contributed by atoms with Crippen molar-refractivity contribution in [1.82, 2.24) is 9.80 Å². The second-order valence-electron chi connectivity index (χ2n) is 4.78. The number of nitrogens with two attached hydrogens (primary N) is 1. The summed E-state index contributed by atoms with van der Waals surface area (Å²) in [6.07, 6.45) is -3.49. The van der Waals surface area contributed by atoms with Crippen LogP contribution >= 0.6 is 0 Å². The van der Waals surface area contributed by atoms with Crippen molar-refractivity contribution in [3.63, 3.8) is 0 Å². The van der Waals surface area contributed by atoms with Gasteiger partial charge < -0.3 is 20.3 Å². The molecule has 8 heteroatoms. The maximum Gasteiger partial charge on any atom is 0.411 e. The monoisotopic (exact) mass is 297 g/mol. The highest BCUT2D eigenvalue weighted by atomic mass is 19.4. The van der Waals surface area contributed by atoms with Gasteiger partial charge in [-0.1, -0.05) is 0 Å². The van der Waals surface area contributed by atoms with Crippen molar-refractivity contribution in [3.05, 3.63) is 0 Å². The number of amides is 1. The van der Waals surface area contributed by atoms with Gasteiger partial charge in [-0.2, -0.15) is 13.2 Å². The summed E-state index contributed by atoms with van der Waals surface area (Å²) in [5.41, 5.74) is 5.49. The lowest BCUT2D eigenvalue weighted by molar-refractivity contribution is -0.175. The van der Waals surface area contributed by atoms with E-state index in [0.717, 1.165) is 26.1 Å². The van der Waals surface area contributed by atoms with E-state index >= 15 is 0 Å². The van der Waals surface area contributed by atoms with Crippen molar-refractivity contribution < 1.29 is 22.7 Å². The van der Waals surface area contributed by atoms with Gasteiger partial charge in [-0.3, -0.25) is 4.79 Å². The summed E-state index contributed by atoms with van der Waals surface area (Å²) in [5.74, 6) is -0.151. The van der Waals surface area contributed by atoms with Crippen LogP contribution in [-0.4, -0.2) is 74.4 Å². The number of halogens is 3. The number of ether oxygens (including phenoxy) is 1. The smallest absolute Gasteiger partial charge is 0.372 e. The molecule has 0 aromatic rings. The lowest BCUT2D eigenvalue weighted by Crippen LogP contribution is -2.37. The molecule has 5 nitrogen and oxygen atoms in total. The first kappa shape index (κ1) is 17.2. The molecule has 20 heavy (non-hydrogen) atoms. The van der Waals surface area contributed by atoms with Gasteiger partial charge in [0.2, 0.25) is 5.91 Å². The van der Waals surface area contributed by atoms with E-state index in [9.17, 15) is 18.0 Å². The number of hydrogen-bond acceptors (Lipinski definition) is 4. The summed E-state index contributed by atoms with van der Waals surface area (Å²) in [6, 6.07) is 0. The van der Waals surface area contributed by atoms with Crippen LogP contribution < -0.4 is 5.73 Å². The quantitative estimate of drug-likeness (QED) is 0.723. The standard InChI is InChI=1S/C12H22F3N3O2/c13-12(14,15)10-20-9-2-11(19)18-5-1-4-17(6-3-16)7-8-18/h1-10,16H2. The number of hydrogen-bond donors (Lipinski definition) is 1. The van der Waals surface area contributed by atoms with E-state index in [4.69, 9.17) is 5.73 Å². The molecule has 1 amide bonds. The number of carbonyl (C=O) groups excluding carboxylic acids is 1. The molecule has 0 aromatic carbocycles. The highest BCUT2D eigenvalue weighted by Crippen LogP contribution is 2.14. The number of rotatable bonds is 6. The Labute approximate surface area is 116 Å². The highest BCUT2D eigenvalue weighted by Gasteiger charge is 2.27. The minimum absolute atomic E-state index is 0.00698. The minimum Gasteiger partial charge on any atom is -0.372 e. The van der Waals surface area contributed by atoms with Crippen molar-refractivity contribution >= 4 is 5.91 Å². The van der Waals surface area contributed by atoms with Gasteiger partial charge >= 0.3 is 6.18 Å². The zero-order valence-corrected chi connectivity index (χ0v) is 11.5. The maximum atomic E-state index is 11.9. The summed E-state index contributed by atoms with van der Waals surface area (Å²) in [4.78, 5) is 15.7. The van der Waals surface area contributed by atoms with Gasteiger partial charge in [-0.05, 0) is 13.0 Å². The molecule has 0 bridgehead atoms. The largest absolute Gasteiger partial charge is 0.411 e. The Bertz CT molecular complexity index is 300. The lowest BCUT2D eigenvalue weighted by Gasteiger charge is -2.21. The fraction of sp³-hybridized carbons (Fsp3) is 0.917. The molecule has 1 rings (SSSR count). The SMILES string of the molecule is NCCN1CCCN(C(=O)CCOCC(F)(F)F)CC1. The van der Waals surface area contributed by atoms with E-state index in [2.05, 4.69) is 9.64 Å². The van der Waals surface area contributed by atoms with Crippen LogP contribution in [-0.2, 0) is 9.53 Å².